The van der Waals surface area contributed by atoms with E-state index >= 15 is 0 Å². The summed E-state index contributed by atoms with van der Waals surface area (Å²) in [6, 6.07) is 19.7. The number of rotatable bonds is 8. The molecule has 0 atom stereocenters. The van der Waals surface area contributed by atoms with Crippen LogP contribution in [0.3, 0.4) is 0 Å². The summed E-state index contributed by atoms with van der Waals surface area (Å²) in [5.41, 5.74) is 4.41. The van der Waals surface area contributed by atoms with E-state index < -0.39 is 10.0 Å². The summed E-state index contributed by atoms with van der Waals surface area (Å²) >= 11 is 6.03. The molecule has 4 rings (SSSR count). The second-order valence-electron chi connectivity index (χ2n) is 8.94. The summed E-state index contributed by atoms with van der Waals surface area (Å²) in [5, 5.41) is 4.53. The van der Waals surface area contributed by atoms with Gasteiger partial charge in [0.15, 0.2) is 0 Å². The predicted molar refractivity (Wildman–Crippen MR) is 144 cm³/mol. The highest BCUT2D eigenvalue weighted by Crippen LogP contribution is 2.26. The molecule has 0 unspecified atom stereocenters. The van der Waals surface area contributed by atoms with Crippen LogP contribution in [0.25, 0.3) is 11.4 Å². The quantitative estimate of drug-likeness (QED) is 0.304. The first kappa shape index (κ1) is 26.4. The van der Waals surface area contributed by atoms with Crippen LogP contribution < -0.4 is 4.31 Å². The molecule has 3 aromatic carbocycles. The van der Waals surface area contributed by atoms with E-state index in [1.54, 1.807) is 49.5 Å². The SMILES string of the molecule is Cc1ccc(C)c(N(Cc2ccc(C(=O)N(C)Cc3nc(-c4cccc(Cl)c4)no3)cc2)S(C)(=O)=O)c1. The first-order valence-electron chi connectivity index (χ1n) is 11.5. The molecule has 0 bridgehead atoms. The van der Waals surface area contributed by atoms with Crippen molar-refractivity contribution in [2.75, 3.05) is 17.6 Å². The molecular formula is C27H27ClN4O4S. The van der Waals surface area contributed by atoms with Crippen molar-refractivity contribution in [2.24, 2.45) is 0 Å². The molecule has 0 saturated carbocycles. The Hall–Kier alpha value is -3.69. The topological polar surface area (TPSA) is 96.6 Å². The van der Waals surface area contributed by atoms with Crippen LogP contribution in [-0.4, -0.2) is 42.7 Å². The zero-order valence-electron chi connectivity index (χ0n) is 21.0. The average molecular weight is 539 g/mol. The van der Waals surface area contributed by atoms with Gasteiger partial charge in [-0.2, -0.15) is 4.98 Å². The maximum Gasteiger partial charge on any atom is 0.254 e. The van der Waals surface area contributed by atoms with E-state index in [0.717, 1.165) is 22.3 Å². The molecule has 10 heteroatoms. The number of carbonyl (C=O) groups is 1. The first-order valence-corrected chi connectivity index (χ1v) is 13.7. The van der Waals surface area contributed by atoms with Crippen LogP contribution in [0.15, 0.2) is 71.3 Å². The van der Waals surface area contributed by atoms with E-state index in [0.29, 0.717) is 28.0 Å². The third-order valence-corrected chi connectivity index (χ3v) is 7.19. The van der Waals surface area contributed by atoms with Gasteiger partial charge in [-0.3, -0.25) is 9.10 Å². The molecule has 1 heterocycles. The van der Waals surface area contributed by atoms with Gasteiger partial charge in [-0.25, -0.2) is 8.42 Å². The first-order chi connectivity index (χ1) is 17.5. The zero-order chi connectivity index (χ0) is 26.7. The zero-order valence-corrected chi connectivity index (χ0v) is 22.5. The van der Waals surface area contributed by atoms with Crippen LogP contribution in [0, 0.1) is 13.8 Å². The minimum absolute atomic E-state index is 0.128. The fraction of sp³-hybridized carbons (Fsp3) is 0.222. The molecule has 0 aliphatic carbocycles. The van der Waals surface area contributed by atoms with Crippen LogP contribution in [-0.2, 0) is 23.1 Å². The number of benzene rings is 3. The molecule has 0 fully saturated rings. The van der Waals surface area contributed by atoms with Crippen LogP contribution in [0.1, 0.15) is 32.9 Å². The van der Waals surface area contributed by atoms with Crippen LogP contribution in [0.2, 0.25) is 5.02 Å². The van der Waals surface area contributed by atoms with E-state index in [2.05, 4.69) is 10.1 Å². The normalized spacial score (nSPS) is 11.4. The summed E-state index contributed by atoms with van der Waals surface area (Å²) in [7, 11) is -1.88. The van der Waals surface area contributed by atoms with E-state index in [9.17, 15) is 13.2 Å². The molecule has 8 nitrogen and oxygen atoms in total. The van der Waals surface area contributed by atoms with E-state index in [1.165, 1.54) is 15.5 Å². The number of anilines is 1. The van der Waals surface area contributed by atoms with Gasteiger partial charge in [-0.15, -0.1) is 0 Å². The lowest BCUT2D eigenvalue weighted by atomic mass is 10.1. The van der Waals surface area contributed by atoms with Gasteiger partial charge < -0.3 is 9.42 Å². The van der Waals surface area contributed by atoms with Gasteiger partial charge in [0.05, 0.1) is 25.0 Å². The van der Waals surface area contributed by atoms with E-state index in [4.69, 9.17) is 16.1 Å². The Morgan fingerprint density at radius 2 is 1.73 bits per heavy atom. The lowest BCUT2D eigenvalue weighted by molar-refractivity contribution is 0.0769. The highest BCUT2D eigenvalue weighted by Gasteiger charge is 2.21. The summed E-state index contributed by atoms with van der Waals surface area (Å²) in [5.74, 6) is 0.449. The number of nitrogens with zero attached hydrogens (tertiary/aromatic N) is 4. The maximum absolute atomic E-state index is 13.0. The molecule has 1 aromatic heterocycles. The second kappa shape index (κ2) is 10.7. The van der Waals surface area contributed by atoms with Crippen molar-refractivity contribution in [1.29, 1.82) is 0 Å². The van der Waals surface area contributed by atoms with Gasteiger partial charge in [0.1, 0.15) is 0 Å². The number of hydrogen-bond donors (Lipinski definition) is 0. The molecule has 0 spiro atoms. The number of sulfonamides is 1. The van der Waals surface area contributed by atoms with Gasteiger partial charge in [-0.1, -0.05) is 53.2 Å². The summed E-state index contributed by atoms with van der Waals surface area (Å²) in [4.78, 5) is 18.8. The minimum Gasteiger partial charge on any atom is -0.337 e. The Morgan fingerprint density at radius 3 is 2.41 bits per heavy atom. The van der Waals surface area contributed by atoms with Crippen LogP contribution >= 0.6 is 11.6 Å². The fourth-order valence-electron chi connectivity index (χ4n) is 3.85. The second-order valence-corrected chi connectivity index (χ2v) is 11.3. The number of halogens is 1. The largest absolute Gasteiger partial charge is 0.337 e. The van der Waals surface area contributed by atoms with Crippen molar-refractivity contribution in [2.45, 2.75) is 26.9 Å². The molecule has 4 aromatic rings. The maximum atomic E-state index is 13.0. The third kappa shape index (κ3) is 6.36. The molecule has 192 valence electrons. The minimum atomic E-state index is -3.52. The average Bonchev–Trinajstić information content (AvgIpc) is 3.32. The van der Waals surface area contributed by atoms with Gasteiger partial charge in [0.25, 0.3) is 5.91 Å². The Bertz CT molecular complexity index is 1530. The number of amides is 1. The molecule has 1 amide bonds. The molecular weight excluding hydrogens is 512 g/mol. The Labute approximate surface area is 221 Å². The van der Waals surface area contributed by atoms with Crippen molar-refractivity contribution in [3.63, 3.8) is 0 Å². The highest BCUT2D eigenvalue weighted by atomic mass is 35.5. The number of aromatic nitrogens is 2. The molecule has 0 saturated heterocycles. The highest BCUT2D eigenvalue weighted by molar-refractivity contribution is 7.92. The van der Waals surface area contributed by atoms with Crippen molar-refractivity contribution >= 4 is 33.2 Å². The van der Waals surface area contributed by atoms with Crippen molar-refractivity contribution < 1.29 is 17.7 Å². The monoisotopic (exact) mass is 538 g/mol. The van der Waals surface area contributed by atoms with Crippen molar-refractivity contribution in [3.8, 4) is 11.4 Å². The lowest BCUT2D eigenvalue weighted by Gasteiger charge is -2.25. The Balaban J connectivity index is 1.46. The third-order valence-electron chi connectivity index (χ3n) is 5.83. The van der Waals surface area contributed by atoms with Crippen molar-refractivity contribution in [3.05, 3.63) is 99.9 Å². The Morgan fingerprint density at radius 1 is 1.00 bits per heavy atom. The smallest absolute Gasteiger partial charge is 0.254 e. The van der Waals surface area contributed by atoms with Gasteiger partial charge >= 0.3 is 0 Å². The number of carbonyl (C=O) groups excluding carboxylic acids is 1. The summed E-state index contributed by atoms with van der Waals surface area (Å²) in [6.45, 7) is 4.09. The lowest BCUT2D eigenvalue weighted by Crippen LogP contribution is -2.30. The standard InChI is InChI=1S/C27H27ClN4O4S/c1-18-8-9-19(2)24(14-18)32(37(4,34)35)16-20-10-12-21(13-11-20)27(33)31(3)17-25-29-26(30-36-25)22-6-5-7-23(28)15-22/h5-15H,16-17H2,1-4H3. The molecule has 0 aliphatic rings. The van der Waals surface area contributed by atoms with Crippen molar-refractivity contribution in [1.82, 2.24) is 15.0 Å². The molecule has 0 N–H and O–H groups in total. The van der Waals surface area contributed by atoms with Crippen LogP contribution in [0.4, 0.5) is 5.69 Å². The van der Waals surface area contributed by atoms with E-state index in [1.807, 2.05) is 38.1 Å². The summed E-state index contributed by atoms with van der Waals surface area (Å²) < 4.78 is 31.9. The molecule has 0 aliphatic heterocycles. The number of aryl methyl sites for hydroxylation is 2. The number of hydrogen-bond acceptors (Lipinski definition) is 6. The van der Waals surface area contributed by atoms with Gasteiger partial charge in [0, 0.05) is 23.2 Å². The van der Waals surface area contributed by atoms with Gasteiger partial charge in [-0.05, 0) is 60.9 Å². The summed E-state index contributed by atoms with van der Waals surface area (Å²) in [6.07, 6.45) is 1.19. The Kier molecular flexibility index (Phi) is 7.65. The van der Waals surface area contributed by atoms with E-state index in [-0.39, 0.29) is 19.0 Å². The molecule has 37 heavy (non-hydrogen) atoms. The van der Waals surface area contributed by atoms with Gasteiger partial charge in [0.2, 0.25) is 21.7 Å². The predicted octanol–water partition coefficient (Wildman–Crippen LogP) is 5.25. The van der Waals surface area contributed by atoms with Crippen LogP contribution in [0.5, 0.6) is 0 Å². The molecule has 0 radical (unpaired) electrons. The fourth-order valence-corrected chi connectivity index (χ4v) is 4.97.